The molecular weight excluding hydrogens is 520 g/mol. The lowest BCUT2D eigenvalue weighted by Crippen LogP contribution is -2.51. The molecule has 0 amide bonds. The van der Waals surface area contributed by atoms with Crippen molar-refractivity contribution in [2.75, 3.05) is 0 Å². The lowest BCUT2D eigenvalue weighted by atomic mass is 9.60. The molecule has 0 aromatic heterocycles. The molecule has 3 aliphatic rings. The van der Waals surface area contributed by atoms with E-state index in [9.17, 15) is 9.59 Å². The maximum Gasteiger partial charge on any atom is 0.338 e. The SMILES string of the molecule is CCCCc1ccc2c(c1)C1c3cc(CCCC)ccc3C2C(OC(=O)c2ccccc2)C1OC(=O)c1ccccc1. The number of hydrogen-bond acceptors (Lipinski definition) is 4. The highest BCUT2D eigenvalue weighted by Gasteiger charge is 2.54. The minimum absolute atomic E-state index is 0.232. The molecule has 0 heterocycles. The molecule has 4 nitrogen and oxygen atoms in total. The summed E-state index contributed by atoms with van der Waals surface area (Å²) in [6, 6.07) is 31.6. The topological polar surface area (TPSA) is 52.6 Å². The smallest absolute Gasteiger partial charge is 0.338 e. The predicted molar refractivity (Wildman–Crippen MR) is 165 cm³/mol. The summed E-state index contributed by atoms with van der Waals surface area (Å²) in [4.78, 5) is 27.1. The Morgan fingerprint density at radius 1 is 0.548 bits per heavy atom. The van der Waals surface area contributed by atoms with Crippen LogP contribution in [0, 0.1) is 0 Å². The molecule has 4 aromatic carbocycles. The van der Waals surface area contributed by atoms with Gasteiger partial charge in [0.15, 0.2) is 12.2 Å². The van der Waals surface area contributed by atoms with Gasteiger partial charge in [0.1, 0.15) is 0 Å². The summed E-state index contributed by atoms with van der Waals surface area (Å²) >= 11 is 0. The molecule has 3 aliphatic carbocycles. The zero-order valence-electron chi connectivity index (χ0n) is 24.4. The van der Waals surface area contributed by atoms with Gasteiger partial charge in [-0.2, -0.15) is 0 Å². The Bertz CT molecular complexity index is 1500. The van der Waals surface area contributed by atoms with Gasteiger partial charge in [-0.3, -0.25) is 0 Å². The Morgan fingerprint density at radius 3 is 1.36 bits per heavy atom. The number of fused-ring (bicyclic) bond motifs is 1. The molecular formula is C38H38O4. The van der Waals surface area contributed by atoms with Crippen LogP contribution < -0.4 is 0 Å². The molecule has 0 N–H and O–H groups in total. The van der Waals surface area contributed by atoms with E-state index in [1.54, 1.807) is 24.3 Å². The maximum atomic E-state index is 13.6. The number of ether oxygens (including phenoxy) is 2. The van der Waals surface area contributed by atoms with Crippen LogP contribution in [0.1, 0.15) is 105 Å². The van der Waals surface area contributed by atoms with Crippen molar-refractivity contribution in [3.63, 3.8) is 0 Å². The van der Waals surface area contributed by atoms with Gasteiger partial charge in [0.25, 0.3) is 0 Å². The van der Waals surface area contributed by atoms with Gasteiger partial charge < -0.3 is 9.47 Å². The van der Waals surface area contributed by atoms with E-state index >= 15 is 0 Å². The fraction of sp³-hybridized carbons (Fsp3) is 0.316. The molecule has 4 heteroatoms. The van der Waals surface area contributed by atoms with E-state index in [0.717, 1.165) is 49.7 Å². The van der Waals surface area contributed by atoms with E-state index < -0.39 is 24.1 Å². The molecule has 0 saturated heterocycles. The van der Waals surface area contributed by atoms with Crippen molar-refractivity contribution >= 4 is 11.9 Å². The Labute approximate surface area is 248 Å². The zero-order valence-corrected chi connectivity index (χ0v) is 24.4. The van der Waals surface area contributed by atoms with Crippen molar-refractivity contribution in [3.8, 4) is 0 Å². The molecule has 0 radical (unpaired) electrons. The van der Waals surface area contributed by atoms with E-state index in [-0.39, 0.29) is 11.8 Å². The third-order valence-electron chi connectivity index (χ3n) is 8.77. The molecule has 0 saturated carbocycles. The van der Waals surface area contributed by atoms with Gasteiger partial charge in [0.05, 0.1) is 23.0 Å². The van der Waals surface area contributed by atoms with Gasteiger partial charge in [-0.15, -0.1) is 0 Å². The monoisotopic (exact) mass is 558 g/mol. The van der Waals surface area contributed by atoms with Crippen molar-refractivity contribution in [1.82, 2.24) is 0 Å². The maximum absolute atomic E-state index is 13.6. The van der Waals surface area contributed by atoms with Crippen molar-refractivity contribution < 1.29 is 19.1 Å². The lowest BCUT2D eigenvalue weighted by molar-refractivity contribution is -0.0557. The summed E-state index contributed by atoms with van der Waals surface area (Å²) in [6.07, 6.45) is 5.19. The van der Waals surface area contributed by atoms with Crippen molar-refractivity contribution in [1.29, 1.82) is 0 Å². The second kappa shape index (κ2) is 12.4. The van der Waals surface area contributed by atoms with Crippen LogP contribution in [-0.2, 0) is 22.3 Å². The number of rotatable bonds is 10. The first-order chi connectivity index (χ1) is 20.6. The molecule has 4 aromatic rings. The fourth-order valence-electron chi connectivity index (χ4n) is 6.65. The Hall–Kier alpha value is -4.18. The van der Waals surface area contributed by atoms with E-state index in [0.29, 0.717) is 11.1 Å². The highest BCUT2D eigenvalue weighted by atomic mass is 16.6. The number of carbonyl (C=O) groups is 2. The molecule has 42 heavy (non-hydrogen) atoms. The molecule has 2 unspecified atom stereocenters. The number of hydrogen-bond donors (Lipinski definition) is 0. The first-order valence-corrected chi connectivity index (χ1v) is 15.4. The highest BCUT2D eigenvalue weighted by Crippen LogP contribution is 2.55. The van der Waals surface area contributed by atoms with Crippen LogP contribution in [0.2, 0.25) is 0 Å². The van der Waals surface area contributed by atoms with Crippen molar-refractivity contribution in [3.05, 3.63) is 142 Å². The van der Waals surface area contributed by atoms with Gasteiger partial charge in [0, 0.05) is 0 Å². The van der Waals surface area contributed by atoms with E-state index in [1.807, 2.05) is 36.4 Å². The molecule has 0 fully saturated rings. The largest absolute Gasteiger partial charge is 0.454 e. The van der Waals surface area contributed by atoms with Gasteiger partial charge in [-0.25, -0.2) is 9.59 Å². The zero-order chi connectivity index (χ0) is 29.1. The third kappa shape index (κ3) is 5.38. The molecule has 2 atom stereocenters. The van der Waals surface area contributed by atoms with Crippen molar-refractivity contribution in [2.45, 2.75) is 76.4 Å². The Morgan fingerprint density at radius 2 is 0.952 bits per heavy atom. The molecule has 214 valence electrons. The number of unbranched alkanes of at least 4 members (excludes halogenated alkanes) is 2. The standard InChI is InChI=1S/C38H38O4/c1-3-5-13-25-19-21-29-31(23-25)34-32-24-26(14-6-4-2)20-22-30(32)33(29)35(41-37(39)27-15-9-7-10-16-27)36(34)42-38(40)28-17-11-8-12-18-28/h7-12,15-24,33-36H,3-6,13-14H2,1-2H3. The van der Waals surface area contributed by atoms with Crippen LogP contribution >= 0.6 is 0 Å². The summed E-state index contributed by atoms with van der Waals surface area (Å²) in [7, 11) is 0. The lowest BCUT2D eigenvalue weighted by Gasteiger charge is -2.49. The highest BCUT2D eigenvalue weighted by molar-refractivity contribution is 5.90. The molecule has 0 spiro atoms. The van der Waals surface area contributed by atoms with Crippen LogP contribution in [0.5, 0.6) is 0 Å². The molecule has 7 rings (SSSR count). The van der Waals surface area contributed by atoms with Crippen LogP contribution in [0.4, 0.5) is 0 Å². The summed E-state index contributed by atoms with van der Waals surface area (Å²) < 4.78 is 12.7. The van der Waals surface area contributed by atoms with Crippen LogP contribution in [-0.4, -0.2) is 24.1 Å². The molecule has 2 bridgehead atoms. The van der Waals surface area contributed by atoms with E-state index in [4.69, 9.17) is 9.47 Å². The first kappa shape index (κ1) is 28.0. The summed E-state index contributed by atoms with van der Waals surface area (Å²) in [6.45, 7) is 4.42. The van der Waals surface area contributed by atoms with Crippen LogP contribution in [0.15, 0.2) is 97.1 Å². The Kier molecular flexibility index (Phi) is 8.23. The van der Waals surface area contributed by atoms with Crippen molar-refractivity contribution in [2.24, 2.45) is 0 Å². The predicted octanol–water partition coefficient (Wildman–Crippen LogP) is 8.41. The van der Waals surface area contributed by atoms with E-state index in [1.165, 1.54) is 22.3 Å². The van der Waals surface area contributed by atoms with Gasteiger partial charge in [0.2, 0.25) is 0 Å². The van der Waals surface area contributed by atoms with Gasteiger partial charge >= 0.3 is 11.9 Å². The van der Waals surface area contributed by atoms with Gasteiger partial charge in [-0.1, -0.05) is 99.5 Å². The fourth-order valence-corrected chi connectivity index (χ4v) is 6.65. The number of benzene rings is 4. The van der Waals surface area contributed by atoms with Crippen LogP contribution in [0.3, 0.4) is 0 Å². The first-order valence-electron chi connectivity index (χ1n) is 15.4. The minimum Gasteiger partial charge on any atom is -0.454 e. The summed E-state index contributed by atoms with van der Waals surface area (Å²) in [5, 5.41) is 0. The number of carbonyl (C=O) groups excluding carboxylic acids is 2. The average Bonchev–Trinajstić information content (AvgIpc) is 3.04. The number of esters is 2. The normalized spacial score (nSPS) is 20.0. The molecule has 0 aliphatic heterocycles. The third-order valence-corrected chi connectivity index (χ3v) is 8.77. The average molecular weight is 559 g/mol. The number of aryl methyl sites for hydroxylation is 2. The minimum atomic E-state index is -0.654. The Balaban J connectivity index is 1.48. The quantitative estimate of drug-likeness (QED) is 0.183. The van der Waals surface area contributed by atoms with Crippen LogP contribution in [0.25, 0.3) is 0 Å². The van der Waals surface area contributed by atoms with Gasteiger partial charge in [-0.05, 0) is 83.3 Å². The van der Waals surface area contributed by atoms with E-state index in [2.05, 4.69) is 50.2 Å². The summed E-state index contributed by atoms with van der Waals surface area (Å²) in [5.74, 6) is -1.27. The summed E-state index contributed by atoms with van der Waals surface area (Å²) in [5.41, 5.74) is 8.24. The second-order valence-electron chi connectivity index (χ2n) is 11.6. The second-order valence-corrected chi connectivity index (χ2v) is 11.6.